The van der Waals surface area contributed by atoms with Crippen LogP contribution < -0.4 is 0 Å². The fraction of sp³-hybridized carbons (Fsp3) is 0. The summed E-state index contributed by atoms with van der Waals surface area (Å²) < 4.78 is 2.01. The lowest BCUT2D eigenvalue weighted by atomic mass is 10.0. The van der Waals surface area contributed by atoms with Crippen LogP contribution in [-0.2, 0) is 0 Å². The summed E-state index contributed by atoms with van der Waals surface area (Å²) in [6.45, 7) is 0. The molecule has 4 aromatic carbocycles. The van der Waals surface area contributed by atoms with Gasteiger partial charge in [0, 0.05) is 16.8 Å². The van der Waals surface area contributed by atoms with E-state index in [2.05, 4.69) is 0 Å². The third-order valence-corrected chi connectivity index (χ3v) is 5.33. The van der Waals surface area contributed by atoms with Crippen LogP contribution in [0, 0.1) is 0 Å². The molecular formula is C28H20N2O2. The fourth-order valence-corrected chi connectivity index (χ4v) is 3.84. The van der Waals surface area contributed by atoms with Crippen molar-refractivity contribution in [2.45, 2.75) is 0 Å². The van der Waals surface area contributed by atoms with Gasteiger partial charge in [-0.05, 0) is 24.3 Å². The van der Waals surface area contributed by atoms with E-state index in [0.29, 0.717) is 17.2 Å². The van der Waals surface area contributed by atoms with Gasteiger partial charge in [0.25, 0.3) is 0 Å². The largest absolute Gasteiger partial charge is 0.507 e. The second-order valence-corrected chi connectivity index (χ2v) is 7.38. The molecule has 0 spiro atoms. The molecule has 0 saturated heterocycles. The van der Waals surface area contributed by atoms with Crippen molar-refractivity contribution >= 4 is 5.78 Å². The first-order valence-corrected chi connectivity index (χ1v) is 10.4. The summed E-state index contributed by atoms with van der Waals surface area (Å²) in [4.78, 5) is 18.5. The van der Waals surface area contributed by atoms with Crippen LogP contribution in [0.2, 0.25) is 0 Å². The Kier molecular flexibility index (Phi) is 5.10. The summed E-state index contributed by atoms with van der Waals surface area (Å²) in [7, 11) is 0. The molecule has 32 heavy (non-hydrogen) atoms. The molecule has 4 nitrogen and oxygen atoms in total. The second-order valence-electron chi connectivity index (χ2n) is 7.38. The first-order valence-electron chi connectivity index (χ1n) is 10.4. The van der Waals surface area contributed by atoms with Gasteiger partial charge in [0.15, 0.2) is 0 Å². The SMILES string of the molecule is O=C(c1ccccc1O)c1nc(-c2ccccc2)n(-c2ccccc2)c1-c1ccccc1. The van der Waals surface area contributed by atoms with Crippen LogP contribution in [0.15, 0.2) is 115 Å². The number of carbonyl (C=O) groups excluding carboxylic acids is 1. The smallest absolute Gasteiger partial charge is 0.217 e. The molecule has 5 rings (SSSR count). The third kappa shape index (κ3) is 3.48. The van der Waals surface area contributed by atoms with Crippen LogP contribution in [-0.4, -0.2) is 20.4 Å². The number of hydrogen-bond acceptors (Lipinski definition) is 3. The Balaban J connectivity index is 1.86. The number of para-hydroxylation sites is 2. The first kappa shape index (κ1) is 19.5. The minimum atomic E-state index is -0.325. The highest BCUT2D eigenvalue weighted by Gasteiger charge is 2.27. The Morgan fingerprint density at radius 3 is 1.81 bits per heavy atom. The Morgan fingerprint density at radius 2 is 1.19 bits per heavy atom. The summed E-state index contributed by atoms with van der Waals surface area (Å²) >= 11 is 0. The molecule has 5 aromatic rings. The van der Waals surface area contributed by atoms with Crippen molar-refractivity contribution in [1.82, 2.24) is 9.55 Å². The lowest BCUT2D eigenvalue weighted by Crippen LogP contribution is -2.06. The summed E-state index contributed by atoms with van der Waals surface area (Å²) in [6, 6.07) is 36.0. The van der Waals surface area contributed by atoms with Crippen molar-refractivity contribution in [2.75, 3.05) is 0 Å². The van der Waals surface area contributed by atoms with E-state index in [-0.39, 0.29) is 17.1 Å². The molecular weight excluding hydrogens is 396 g/mol. The molecule has 0 fully saturated rings. The Bertz CT molecular complexity index is 1380. The molecule has 1 N–H and O–H groups in total. The summed E-state index contributed by atoms with van der Waals surface area (Å²) in [5.74, 6) is 0.273. The summed E-state index contributed by atoms with van der Waals surface area (Å²) in [5, 5.41) is 10.4. The standard InChI is InChI=1S/C28H20N2O2/c31-24-19-11-10-18-23(24)27(32)25-26(20-12-4-1-5-13-20)30(22-16-8-3-9-17-22)28(29-25)21-14-6-2-7-15-21/h1-19,31H. The van der Waals surface area contributed by atoms with E-state index in [1.807, 2.05) is 95.6 Å². The van der Waals surface area contributed by atoms with Crippen molar-refractivity contribution < 1.29 is 9.90 Å². The van der Waals surface area contributed by atoms with Crippen LogP contribution in [0.3, 0.4) is 0 Å². The van der Waals surface area contributed by atoms with E-state index in [1.54, 1.807) is 18.2 Å². The van der Waals surface area contributed by atoms with Gasteiger partial charge in [-0.2, -0.15) is 0 Å². The predicted octanol–water partition coefficient (Wildman–Crippen LogP) is 6.14. The van der Waals surface area contributed by atoms with Crippen molar-refractivity contribution in [3.63, 3.8) is 0 Å². The number of imidazole rings is 1. The number of carbonyl (C=O) groups is 1. The van der Waals surface area contributed by atoms with Gasteiger partial charge >= 0.3 is 0 Å². The van der Waals surface area contributed by atoms with Gasteiger partial charge in [-0.15, -0.1) is 0 Å². The molecule has 0 aliphatic carbocycles. The monoisotopic (exact) mass is 416 g/mol. The van der Waals surface area contributed by atoms with E-state index in [9.17, 15) is 9.90 Å². The van der Waals surface area contributed by atoms with Crippen molar-refractivity contribution in [3.8, 4) is 34.1 Å². The average Bonchev–Trinajstić information content (AvgIpc) is 3.26. The van der Waals surface area contributed by atoms with Gasteiger partial charge < -0.3 is 5.11 Å². The van der Waals surface area contributed by atoms with Crippen molar-refractivity contribution in [2.24, 2.45) is 0 Å². The molecule has 154 valence electrons. The number of phenols is 1. The molecule has 0 saturated carbocycles. The minimum Gasteiger partial charge on any atom is -0.507 e. The van der Waals surface area contributed by atoms with Gasteiger partial charge in [0.05, 0.1) is 11.3 Å². The maximum absolute atomic E-state index is 13.7. The lowest BCUT2D eigenvalue weighted by molar-refractivity contribution is 0.103. The first-order chi connectivity index (χ1) is 15.7. The summed E-state index contributed by atoms with van der Waals surface area (Å²) in [6.07, 6.45) is 0. The van der Waals surface area contributed by atoms with Crippen molar-refractivity contribution in [3.05, 3.63) is 127 Å². The number of nitrogens with zero attached hydrogens (tertiary/aromatic N) is 2. The van der Waals surface area contributed by atoms with Crippen LogP contribution in [0.1, 0.15) is 16.1 Å². The Labute approximate surface area is 186 Å². The van der Waals surface area contributed by atoms with E-state index in [1.165, 1.54) is 6.07 Å². The maximum atomic E-state index is 13.7. The van der Waals surface area contributed by atoms with Crippen molar-refractivity contribution in [1.29, 1.82) is 0 Å². The number of hydrogen-bond donors (Lipinski definition) is 1. The quantitative estimate of drug-likeness (QED) is 0.350. The third-order valence-electron chi connectivity index (χ3n) is 5.33. The summed E-state index contributed by atoms with van der Waals surface area (Å²) in [5.41, 5.74) is 3.86. The van der Waals surface area contributed by atoms with Crippen LogP contribution >= 0.6 is 0 Å². The average molecular weight is 416 g/mol. The number of aromatic nitrogens is 2. The molecule has 1 heterocycles. The number of phenolic OH excluding ortho intramolecular Hbond substituents is 1. The highest BCUT2D eigenvalue weighted by molar-refractivity contribution is 6.13. The Morgan fingerprint density at radius 1 is 0.656 bits per heavy atom. The zero-order valence-electron chi connectivity index (χ0n) is 17.2. The van der Waals surface area contributed by atoms with E-state index in [0.717, 1.165) is 16.8 Å². The fourth-order valence-electron chi connectivity index (χ4n) is 3.84. The molecule has 0 atom stereocenters. The topological polar surface area (TPSA) is 55.1 Å². The lowest BCUT2D eigenvalue weighted by Gasteiger charge is -2.13. The predicted molar refractivity (Wildman–Crippen MR) is 126 cm³/mol. The second kappa shape index (κ2) is 8.36. The van der Waals surface area contributed by atoms with Gasteiger partial charge in [0.2, 0.25) is 5.78 Å². The number of benzene rings is 4. The molecule has 0 aliphatic heterocycles. The highest BCUT2D eigenvalue weighted by atomic mass is 16.3. The Hall–Kier alpha value is -4.44. The number of aromatic hydroxyl groups is 1. The van der Waals surface area contributed by atoms with Gasteiger partial charge in [-0.25, -0.2) is 4.98 Å². The maximum Gasteiger partial charge on any atom is 0.217 e. The molecule has 4 heteroatoms. The van der Waals surface area contributed by atoms with Crippen LogP contribution in [0.5, 0.6) is 5.75 Å². The zero-order chi connectivity index (χ0) is 21.9. The molecule has 0 radical (unpaired) electrons. The molecule has 1 aromatic heterocycles. The normalized spacial score (nSPS) is 10.8. The minimum absolute atomic E-state index is 0.0629. The zero-order valence-corrected chi connectivity index (χ0v) is 17.2. The van der Waals surface area contributed by atoms with Crippen LogP contribution in [0.4, 0.5) is 0 Å². The number of rotatable bonds is 5. The van der Waals surface area contributed by atoms with Gasteiger partial charge in [-0.3, -0.25) is 9.36 Å². The van der Waals surface area contributed by atoms with E-state index in [4.69, 9.17) is 4.98 Å². The molecule has 0 amide bonds. The van der Waals surface area contributed by atoms with E-state index < -0.39 is 0 Å². The highest BCUT2D eigenvalue weighted by Crippen LogP contribution is 2.35. The number of ketones is 1. The van der Waals surface area contributed by atoms with Crippen LogP contribution in [0.25, 0.3) is 28.3 Å². The molecule has 0 unspecified atom stereocenters. The molecule has 0 aliphatic rings. The van der Waals surface area contributed by atoms with E-state index >= 15 is 0 Å². The van der Waals surface area contributed by atoms with Gasteiger partial charge in [0.1, 0.15) is 17.3 Å². The van der Waals surface area contributed by atoms with Gasteiger partial charge in [-0.1, -0.05) is 91.0 Å². The molecule has 0 bridgehead atoms.